The van der Waals surface area contributed by atoms with Gasteiger partial charge in [0.05, 0.1) is 12.0 Å². The Hall–Kier alpha value is -2.41. The van der Waals surface area contributed by atoms with E-state index in [0.717, 1.165) is 12.1 Å². The molecule has 122 valence electrons. The van der Waals surface area contributed by atoms with Crippen molar-refractivity contribution < 1.29 is 22.3 Å². The van der Waals surface area contributed by atoms with Crippen LogP contribution < -0.4 is 10.1 Å². The molecule has 1 atom stereocenters. The van der Waals surface area contributed by atoms with E-state index in [1.54, 1.807) is 24.3 Å². The van der Waals surface area contributed by atoms with Crippen LogP contribution in [-0.2, 0) is 14.6 Å². The highest BCUT2D eigenvalue weighted by molar-refractivity contribution is 7.92. The standard InChI is InChI=1S/C16H16FNO4S/c1-11(23(20,21)15-5-3-4-12(17)10-15)16(19)18-13-6-8-14(22-2)9-7-13/h3-11H,1-2H3,(H,18,19)/t11-/m1/s1. The lowest BCUT2D eigenvalue weighted by atomic mass is 10.3. The summed E-state index contributed by atoms with van der Waals surface area (Å²) in [5.74, 6) is -0.753. The number of halogens is 1. The van der Waals surface area contributed by atoms with Gasteiger partial charge in [0.1, 0.15) is 16.8 Å². The lowest BCUT2D eigenvalue weighted by Crippen LogP contribution is -2.32. The topological polar surface area (TPSA) is 72.5 Å². The van der Waals surface area contributed by atoms with Crippen molar-refractivity contribution in [3.63, 3.8) is 0 Å². The normalized spacial score (nSPS) is 12.5. The summed E-state index contributed by atoms with van der Waals surface area (Å²) in [4.78, 5) is 11.9. The van der Waals surface area contributed by atoms with Crippen LogP contribution in [0.25, 0.3) is 0 Å². The number of hydrogen-bond acceptors (Lipinski definition) is 4. The third-order valence-electron chi connectivity index (χ3n) is 3.32. The Balaban J connectivity index is 2.17. The van der Waals surface area contributed by atoms with Gasteiger partial charge in [-0.2, -0.15) is 0 Å². The first-order chi connectivity index (χ1) is 10.8. The first kappa shape index (κ1) is 17.0. The van der Waals surface area contributed by atoms with Crippen LogP contribution in [0.2, 0.25) is 0 Å². The molecule has 2 aromatic rings. The number of carbonyl (C=O) groups excluding carboxylic acids is 1. The van der Waals surface area contributed by atoms with Crippen molar-refractivity contribution in [2.24, 2.45) is 0 Å². The van der Waals surface area contributed by atoms with Gasteiger partial charge >= 0.3 is 0 Å². The molecule has 0 bridgehead atoms. The van der Waals surface area contributed by atoms with Crippen molar-refractivity contribution in [1.82, 2.24) is 0 Å². The Labute approximate surface area is 134 Å². The maximum Gasteiger partial charge on any atom is 0.242 e. The van der Waals surface area contributed by atoms with Crippen molar-refractivity contribution in [2.45, 2.75) is 17.1 Å². The van der Waals surface area contributed by atoms with E-state index in [0.29, 0.717) is 11.4 Å². The largest absolute Gasteiger partial charge is 0.497 e. The van der Waals surface area contributed by atoms with Crippen LogP contribution in [0.1, 0.15) is 6.92 Å². The number of amides is 1. The highest BCUT2D eigenvalue weighted by atomic mass is 32.2. The summed E-state index contributed by atoms with van der Waals surface area (Å²) >= 11 is 0. The fourth-order valence-electron chi connectivity index (χ4n) is 1.91. The van der Waals surface area contributed by atoms with Crippen molar-refractivity contribution in [1.29, 1.82) is 0 Å². The summed E-state index contributed by atoms with van der Waals surface area (Å²) in [5, 5.41) is 1.16. The molecule has 0 saturated carbocycles. The summed E-state index contributed by atoms with van der Waals surface area (Å²) in [6.07, 6.45) is 0. The number of benzene rings is 2. The lowest BCUT2D eigenvalue weighted by Gasteiger charge is -2.13. The number of methoxy groups -OCH3 is 1. The molecule has 1 N–H and O–H groups in total. The number of anilines is 1. The quantitative estimate of drug-likeness (QED) is 0.910. The summed E-state index contributed by atoms with van der Waals surface area (Å²) in [7, 11) is -2.46. The lowest BCUT2D eigenvalue weighted by molar-refractivity contribution is -0.115. The maximum absolute atomic E-state index is 13.2. The van der Waals surface area contributed by atoms with Crippen LogP contribution in [-0.4, -0.2) is 26.7 Å². The van der Waals surface area contributed by atoms with Gasteiger partial charge in [0.25, 0.3) is 0 Å². The van der Waals surface area contributed by atoms with E-state index in [1.165, 1.54) is 26.2 Å². The van der Waals surface area contributed by atoms with Crippen LogP contribution in [0.5, 0.6) is 5.75 Å². The van der Waals surface area contributed by atoms with Gasteiger partial charge in [-0.1, -0.05) is 6.07 Å². The molecular formula is C16H16FNO4S. The van der Waals surface area contributed by atoms with Gasteiger partial charge < -0.3 is 10.1 Å². The van der Waals surface area contributed by atoms with Gasteiger partial charge in [-0.3, -0.25) is 4.79 Å². The summed E-state index contributed by atoms with van der Waals surface area (Å²) in [5.41, 5.74) is 0.442. The number of nitrogens with one attached hydrogen (secondary N) is 1. The zero-order chi connectivity index (χ0) is 17.0. The number of rotatable bonds is 5. The Morgan fingerprint density at radius 2 is 1.83 bits per heavy atom. The zero-order valence-electron chi connectivity index (χ0n) is 12.6. The molecule has 7 heteroatoms. The molecule has 1 amide bonds. The van der Waals surface area contributed by atoms with Crippen LogP contribution in [0.15, 0.2) is 53.4 Å². The number of sulfone groups is 1. The highest BCUT2D eigenvalue weighted by Gasteiger charge is 2.30. The molecule has 0 fully saturated rings. The average molecular weight is 337 g/mol. The first-order valence-corrected chi connectivity index (χ1v) is 8.33. The van der Waals surface area contributed by atoms with Gasteiger partial charge in [-0.25, -0.2) is 12.8 Å². The molecule has 0 unspecified atom stereocenters. The Morgan fingerprint density at radius 3 is 2.39 bits per heavy atom. The summed E-state index contributed by atoms with van der Waals surface area (Å²) in [6, 6.07) is 11.1. The summed E-state index contributed by atoms with van der Waals surface area (Å²) in [6.45, 7) is 1.26. The SMILES string of the molecule is COc1ccc(NC(=O)[C@@H](C)S(=O)(=O)c2cccc(F)c2)cc1. The molecule has 0 aromatic heterocycles. The van der Waals surface area contributed by atoms with E-state index in [2.05, 4.69) is 5.32 Å². The predicted octanol–water partition coefficient (Wildman–Crippen LogP) is 2.64. The molecule has 23 heavy (non-hydrogen) atoms. The molecular weight excluding hydrogens is 321 g/mol. The van der Waals surface area contributed by atoms with Crippen LogP contribution in [0, 0.1) is 5.82 Å². The molecule has 0 saturated heterocycles. The Bertz CT molecular complexity index is 803. The molecule has 0 aliphatic rings. The van der Waals surface area contributed by atoms with E-state index >= 15 is 0 Å². The second-order valence-electron chi connectivity index (χ2n) is 4.86. The van der Waals surface area contributed by atoms with E-state index in [9.17, 15) is 17.6 Å². The molecule has 0 spiro atoms. The monoisotopic (exact) mass is 337 g/mol. The fraction of sp³-hybridized carbons (Fsp3) is 0.188. The highest BCUT2D eigenvalue weighted by Crippen LogP contribution is 2.20. The smallest absolute Gasteiger partial charge is 0.242 e. The van der Waals surface area contributed by atoms with Gasteiger partial charge in [-0.05, 0) is 49.4 Å². The van der Waals surface area contributed by atoms with E-state index in [-0.39, 0.29) is 4.90 Å². The zero-order valence-corrected chi connectivity index (χ0v) is 13.4. The van der Waals surface area contributed by atoms with E-state index < -0.39 is 26.8 Å². The van der Waals surface area contributed by atoms with Crippen LogP contribution in [0.4, 0.5) is 10.1 Å². The van der Waals surface area contributed by atoms with Crippen molar-refractivity contribution in [3.05, 3.63) is 54.3 Å². The molecule has 0 aliphatic carbocycles. The number of hydrogen-bond donors (Lipinski definition) is 1. The average Bonchev–Trinajstić information content (AvgIpc) is 2.54. The van der Waals surface area contributed by atoms with Gasteiger partial charge in [0.15, 0.2) is 9.84 Å². The van der Waals surface area contributed by atoms with Gasteiger partial charge in [0.2, 0.25) is 5.91 Å². The molecule has 0 radical (unpaired) electrons. The molecule has 0 heterocycles. The van der Waals surface area contributed by atoms with Crippen molar-refractivity contribution >= 4 is 21.4 Å². The molecule has 2 rings (SSSR count). The minimum absolute atomic E-state index is 0.227. The maximum atomic E-state index is 13.2. The van der Waals surface area contributed by atoms with Gasteiger partial charge in [-0.15, -0.1) is 0 Å². The van der Waals surface area contributed by atoms with Crippen LogP contribution >= 0.6 is 0 Å². The van der Waals surface area contributed by atoms with Crippen molar-refractivity contribution in [3.8, 4) is 5.75 Å². The molecule has 2 aromatic carbocycles. The Kier molecular flexibility index (Phi) is 5.00. The fourth-order valence-corrected chi connectivity index (χ4v) is 3.20. The minimum Gasteiger partial charge on any atom is -0.497 e. The van der Waals surface area contributed by atoms with E-state index in [4.69, 9.17) is 4.74 Å². The first-order valence-electron chi connectivity index (χ1n) is 6.79. The second-order valence-corrected chi connectivity index (χ2v) is 7.13. The Morgan fingerprint density at radius 1 is 1.17 bits per heavy atom. The third kappa shape index (κ3) is 3.87. The second kappa shape index (κ2) is 6.78. The molecule has 5 nitrogen and oxygen atoms in total. The van der Waals surface area contributed by atoms with Gasteiger partial charge in [0, 0.05) is 5.69 Å². The minimum atomic E-state index is -3.97. The number of carbonyl (C=O) groups is 1. The predicted molar refractivity (Wildman–Crippen MR) is 84.7 cm³/mol. The van der Waals surface area contributed by atoms with Crippen molar-refractivity contribution in [2.75, 3.05) is 12.4 Å². The van der Waals surface area contributed by atoms with Crippen LogP contribution in [0.3, 0.4) is 0 Å². The number of ether oxygens (including phenoxy) is 1. The molecule has 0 aliphatic heterocycles. The third-order valence-corrected chi connectivity index (χ3v) is 5.37. The van der Waals surface area contributed by atoms with E-state index in [1.807, 2.05) is 0 Å². The summed E-state index contributed by atoms with van der Waals surface area (Å²) < 4.78 is 42.9.